The van der Waals surface area contributed by atoms with Gasteiger partial charge in [0, 0.05) is 13.1 Å². The molecule has 1 aliphatic heterocycles. The number of aryl methyl sites for hydroxylation is 1. The first kappa shape index (κ1) is 11.6. The SMILES string of the molecule is Cc1ccccc1COCC1CNCCO1. The Morgan fingerprint density at radius 2 is 2.31 bits per heavy atom. The first-order valence-electron chi connectivity index (χ1n) is 5.81. The number of benzene rings is 1. The van der Waals surface area contributed by atoms with Crippen LogP contribution in [-0.4, -0.2) is 32.4 Å². The van der Waals surface area contributed by atoms with Crippen molar-refractivity contribution in [3.05, 3.63) is 35.4 Å². The van der Waals surface area contributed by atoms with Gasteiger partial charge in [0.05, 0.1) is 25.9 Å². The molecule has 0 aliphatic carbocycles. The predicted octanol–water partition coefficient (Wildman–Crippen LogP) is 1.50. The maximum absolute atomic E-state index is 5.68. The highest BCUT2D eigenvalue weighted by Gasteiger charge is 2.13. The maximum Gasteiger partial charge on any atom is 0.0933 e. The Balaban J connectivity index is 1.73. The molecule has 1 heterocycles. The number of nitrogens with one attached hydrogen (secondary N) is 1. The number of ether oxygens (including phenoxy) is 2. The molecule has 2 rings (SSSR count). The van der Waals surface area contributed by atoms with Crippen molar-refractivity contribution in [3.8, 4) is 0 Å². The molecule has 1 fully saturated rings. The average molecular weight is 221 g/mol. The van der Waals surface area contributed by atoms with E-state index in [1.807, 2.05) is 12.1 Å². The lowest BCUT2D eigenvalue weighted by Crippen LogP contribution is -2.40. The molecule has 1 aromatic rings. The fraction of sp³-hybridized carbons (Fsp3) is 0.538. The van der Waals surface area contributed by atoms with Crippen LogP contribution in [0, 0.1) is 6.92 Å². The van der Waals surface area contributed by atoms with E-state index in [1.54, 1.807) is 0 Å². The van der Waals surface area contributed by atoms with Crippen LogP contribution >= 0.6 is 0 Å². The van der Waals surface area contributed by atoms with E-state index in [2.05, 4.69) is 24.4 Å². The molecule has 0 radical (unpaired) electrons. The highest BCUT2D eigenvalue weighted by atomic mass is 16.5. The largest absolute Gasteiger partial charge is 0.374 e. The second-order valence-electron chi connectivity index (χ2n) is 4.14. The molecular weight excluding hydrogens is 202 g/mol. The van der Waals surface area contributed by atoms with Crippen LogP contribution in [0.2, 0.25) is 0 Å². The van der Waals surface area contributed by atoms with Crippen molar-refractivity contribution in [2.45, 2.75) is 19.6 Å². The minimum Gasteiger partial charge on any atom is -0.374 e. The Hall–Kier alpha value is -0.900. The van der Waals surface area contributed by atoms with E-state index in [9.17, 15) is 0 Å². The second kappa shape index (κ2) is 5.99. The molecular formula is C13H19NO2. The van der Waals surface area contributed by atoms with Crippen LogP contribution in [0.15, 0.2) is 24.3 Å². The average Bonchev–Trinajstić information content (AvgIpc) is 2.33. The van der Waals surface area contributed by atoms with Crippen molar-refractivity contribution in [3.63, 3.8) is 0 Å². The van der Waals surface area contributed by atoms with Crippen LogP contribution in [0.1, 0.15) is 11.1 Å². The normalized spacial score (nSPS) is 20.9. The number of morpholine rings is 1. The molecule has 3 nitrogen and oxygen atoms in total. The maximum atomic E-state index is 5.68. The first-order chi connectivity index (χ1) is 7.86. The topological polar surface area (TPSA) is 30.5 Å². The van der Waals surface area contributed by atoms with Crippen LogP contribution in [-0.2, 0) is 16.1 Å². The summed E-state index contributed by atoms with van der Waals surface area (Å²) in [7, 11) is 0. The molecule has 1 aliphatic rings. The summed E-state index contributed by atoms with van der Waals surface area (Å²) in [5, 5.41) is 3.29. The summed E-state index contributed by atoms with van der Waals surface area (Å²) in [6.45, 7) is 6.09. The highest BCUT2D eigenvalue weighted by molar-refractivity contribution is 5.24. The number of rotatable bonds is 4. The third-order valence-electron chi connectivity index (χ3n) is 2.83. The molecule has 1 saturated heterocycles. The third-order valence-corrected chi connectivity index (χ3v) is 2.83. The second-order valence-corrected chi connectivity index (χ2v) is 4.14. The van der Waals surface area contributed by atoms with Gasteiger partial charge in [-0.2, -0.15) is 0 Å². The molecule has 88 valence electrons. The van der Waals surface area contributed by atoms with Crippen molar-refractivity contribution in [1.29, 1.82) is 0 Å². The van der Waals surface area contributed by atoms with Crippen LogP contribution in [0.5, 0.6) is 0 Å². The Labute approximate surface area is 96.8 Å². The summed E-state index contributed by atoms with van der Waals surface area (Å²) in [6.07, 6.45) is 0.206. The zero-order chi connectivity index (χ0) is 11.2. The minimum absolute atomic E-state index is 0.206. The Bertz CT molecular complexity index is 321. The lowest BCUT2D eigenvalue weighted by molar-refractivity contribution is -0.0358. The smallest absolute Gasteiger partial charge is 0.0933 e. The van der Waals surface area contributed by atoms with Crippen LogP contribution in [0.25, 0.3) is 0 Å². The molecule has 3 heteroatoms. The van der Waals surface area contributed by atoms with Crippen molar-refractivity contribution in [1.82, 2.24) is 5.32 Å². The molecule has 0 aromatic heterocycles. The van der Waals surface area contributed by atoms with Crippen molar-refractivity contribution >= 4 is 0 Å². The zero-order valence-electron chi connectivity index (χ0n) is 9.74. The van der Waals surface area contributed by atoms with E-state index in [1.165, 1.54) is 11.1 Å². The van der Waals surface area contributed by atoms with E-state index >= 15 is 0 Å². The summed E-state index contributed by atoms with van der Waals surface area (Å²) in [5.41, 5.74) is 2.54. The van der Waals surface area contributed by atoms with Gasteiger partial charge in [-0.3, -0.25) is 0 Å². The fourth-order valence-electron chi connectivity index (χ4n) is 1.80. The van der Waals surface area contributed by atoms with Crippen molar-refractivity contribution in [2.24, 2.45) is 0 Å². The van der Waals surface area contributed by atoms with Gasteiger partial charge in [0.25, 0.3) is 0 Å². The van der Waals surface area contributed by atoms with Crippen LogP contribution < -0.4 is 5.32 Å². The lowest BCUT2D eigenvalue weighted by Gasteiger charge is -2.23. The summed E-state index contributed by atoms with van der Waals surface area (Å²) in [6, 6.07) is 8.31. The summed E-state index contributed by atoms with van der Waals surface area (Å²) >= 11 is 0. The molecule has 16 heavy (non-hydrogen) atoms. The molecule has 0 amide bonds. The zero-order valence-corrected chi connectivity index (χ0v) is 9.74. The van der Waals surface area contributed by atoms with Gasteiger partial charge in [-0.1, -0.05) is 24.3 Å². The van der Waals surface area contributed by atoms with Gasteiger partial charge in [0.1, 0.15) is 0 Å². The summed E-state index contributed by atoms with van der Waals surface area (Å²) < 4.78 is 11.2. The Kier molecular flexibility index (Phi) is 4.34. The lowest BCUT2D eigenvalue weighted by atomic mass is 10.1. The van der Waals surface area contributed by atoms with Crippen molar-refractivity contribution in [2.75, 3.05) is 26.3 Å². The number of hydrogen-bond donors (Lipinski definition) is 1. The Morgan fingerprint density at radius 3 is 3.06 bits per heavy atom. The molecule has 1 unspecified atom stereocenters. The van der Waals surface area contributed by atoms with Crippen molar-refractivity contribution < 1.29 is 9.47 Å². The van der Waals surface area contributed by atoms with E-state index < -0.39 is 0 Å². The summed E-state index contributed by atoms with van der Waals surface area (Å²) in [5.74, 6) is 0. The van der Waals surface area contributed by atoms with Gasteiger partial charge < -0.3 is 14.8 Å². The highest BCUT2D eigenvalue weighted by Crippen LogP contribution is 2.08. The minimum atomic E-state index is 0.206. The quantitative estimate of drug-likeness (QED) is 0.835. The van der Waals surface area contributed by atoms with E-state index in [4.69, 9.17) is 9.47 Å². The molecule has 1 atom stereocenters. The molecule has 0 saturated carbocycles. The predicted molar refractivity (Wildman–Crippen MR) is 63.4 cm³/mol. The van der Waals surface area contributed by atoms with Gasteiger partial charge in [-0.15, -0.1) is 0 Å². The number of hydrogen-bond acceptors (Lipinski definition) is 3. The van der Waals surface area contributed by atoms with Crippen LogP contribution in [0.4, 0.5) is 0 Å². The van der Waals surface area contributed by atoms with E-state index in [0.717, 1.165) is 19.7 Å². The van der Waals surface area contributed by atoms with Gasteiger partial charge >= 0.3 is 0 Å². The van der Waals surface area contributed by atoms with Gasteiger partial charge in [0.15, 0.2) is 0 Å². The summed E-state index contributed by atoms with van der Waals surface area (Å²) in [4.78, 5) is 0. The van der Waals surface area contributed by atoms with Gasteiger partial charge in [-0.05, 0) is 18.1 Å². The molecule has 1 N–H and O–H groups in total. The van der Waals surface area contributed by atoms with E-state index in [-0.39, 0.29) is 6.10 Å². The monoisotopic (exact) mass is 221 g/mol. The molecule has 0 bridgehead atoms. The van der Waals surface area contributed by atoms with Crippen LogP contribution in [0.3, 0.4) is 0 Å². The van der Waals surface area contributed by atoms with E-state index in [0.29, 0.717) is 13.2 Å². The molecule has 1 aromatic carbocycles. The van der Waals surface area contributed by atoms with Gasteiger partial charge in [0.2, 0.25) is 0 Å². The Morgan fingerprint density at radius 1 is 1.44 bits per heavy atom. The first-order valence-corrected chi connectivity index (χ1v) is 5.81. The standard InChI is InChI=1S/C13H19NO2/c1-11-4-2-3-5-12(11)9-15-10-13-8-14-6-7-16-13/h2-5,13-14H,6-10H2,1H3. The van der Waals surface area contributed by atoms with Gasteiger partial charge in [-0.25, -0.2) is 0 Å². The molecule has 0 spiro atoms. The third kappa shape index (κ3) is 3.30. The fourth-order valence-corrected chi connectivity index (χ4v) is 1.80.